The number of nitrogens with zero attached hydrogens (tertiary/aromatic N) is 1. The molecule has 0 saturated carbocycles. The summed E-state index contributed by atoms with van der Waals surface area (Å²) in [6.45, 7) is -0.0759. The zero-order valence-corrected chi connectivity index (χ0v) is 13.8. The smallest absolute Gasteiger partial charge is 0.497 e. The van der Waals surface area contributed by atoms with Gasteiger partial charge >= 0.3 is 6.36 Å². The highest BCUT2D eigenvalue weighted by atomic mass is 19.4. The molecule has 4 N–H and O–H groups in total. The summed E-state index contributed by atoms with van der Waals surface area (Å²) in [6, 6.07) is 12.2. The molecule has 140 valence electrons. The number of aliphatic hydroxyl groups excluding tert-OH is 1. The molecule has 0 fully saturated rings. The van der Waals surface area contributed by atoms with Crippen molar-refractivity contribution in [3.05, 3.63) is 54.1 Å². The zero-order valence-electron chi connectivity index (χ0n) is 13.8. The van der Waals surface area contributed by atoms with Crippen LogP contribution in [0, 0.1) is 0 Å². The van der Waals surface area contributed by atoms with Gasteiger partial charge < -0.3 is 25.6 Å². The summed E-state index contributed by atoms with van der Waals surface area (Å²) in [5.41, 5.74) is 6.29. The predicted molar refractivity (Wildman–Crippen MR) is 91.2 cm³/mol. The molecule has 0 spiro atoms. The Bertz CT molecular complexity index is 749. The number of aliphatic imine (C=N–C) groups is 1. The standard InChI is InChI=1S/C17H18F3N3O3/c1-25-12-8-6-11(7-9-12)14(24)10-22-16(21)23-13-4-2-3-5-15(13)26-17(18,19)20/h2-9,14,24H,10H2,1H3,(H3,21,22,23). The molecule has 0 aromatic heterocycles. The van der Waals surface area contributed by atoms with Crippen LogP contribution in [0.4, 0.5) is 18.9 Å². The van der Waals surface area contributed by atoms with Gasteiger partial charge in [0.25, 0.3) is 0 Å². The first kappa shape index (κ1) is 19.4. The second kappa shape index (κ2) is 8.43. The van der Waals surface area contributed by atoms with Gasteiger partial charge in [0.2, 0.25) is 0 Å². The number of ether oxygens (including phenoxy) is 2. The largest absolute Gasteiger partial charge is 0.573 e. The van der Waals surface area contributed by atoms with Crippen LogP contribution in [0.1, 0.15) is 11.7 Å². The van der Waals surface area contributed by atoms with E-state index in [1.807, 2.05) is 0 Å². The zero-order chi connectivity index (χ0) is 19.2. The maximum Gasteiger partial charge on any atom is 0.573 e. The van der Waals surface area contributed by atoms with Crippen molar-refractivity contribution < 1.29 is 27.8 Å². The van der Waals surface area contributed by atoms with E-state index in [9.17, 15) is 18.3 Å². The van der Waals surface area contributed by atoms with Crippen LogP contribution in [0.3, 0.4) is 0 Å². The maximum atomic E-state index is 12.4. The second-order valence-electron chi connectivity index (χ2n) is 5.18. The first-order valence-corrected chi connectivity index (χ1v) is 7.52. The molecule has 2 aromatic rings. The molecule has 0 heterocycles. The summed E-state index contributed by atoms with van der Waals surface area (Å²) >= 11 is 0. The Morgan fingerprint density at radius 1 is 1.19 bits per heavy atom. The normalized spacial score (nSPS) is 13.2. The topological polar surface area (TPSA) is 89.1 Å². The lowest BCUT2D eigenvalue weighted by atomic mass is 10.1. The fraction of sp³-hybridized carbons (Fsp3) is 0.235. The van der Waals surface area contributed by atoms with Gasteiger partial charge in [-0.3, -0.25) is 4.99 Å². The molecule has 0 bridgehead atoms. The highest BCUT2D eigenvalue weighted by Crippen LogP contribution is 2.29. The van der Waals surface area contributed by atoms with Gasteiger partial charge in [-0.05, 0) is 29.8 Å². The van der Waals surface area contributed by atoms with E-state index >= 15 is 0 Å². The summed E-state index contributed by atoms with van der Waals surface area (Å²) in [6.07, 6.45) is -5.75. The molecule has 0 aliphatic rings. The first-order chi connectivity index (χ1) is 12.3. The summed E-state index contributed by atoms with van der Waals surface area (Å²) < 4.78 is 46.1. The van der Waals surface area contributed by atoms with E-state index in [-0.39, 0.29) is 18.2 Å². The molecule has 0 radical (unpaired) electrons. The summed E-state index contributed by atoms with van der Waals surface area (Å²) in [5, 5.41) is 12.6. The number of halogens is 3. The van der Waals surface area contributed by atoms with Crippen LogP contribution >= 0.6 is 0 Å². The van der Waals surface area contributed by atoms with Gasteiger partial charge in [0, 0.05) is 0 Å². The Morgan fingerprint density at radius 2 is 1.85 bits per heavy atom. The van der Waals surface area contributed by atoms with E-state index < -0.39 is 18.2 Å². The van der Waals surface area contributed by atoms with E-state index in [1.165, 1.54) is 25.3 Å². The van der Waals surface area contributed by atoms with Crippen LogP contribution in [0.2, 0.25) is 0 Å². The fourth-order valence-electron chi connectivity index (χ4n) is 2.08. The number of methoxy groups -OCH3 is 1. The van der Waals surface area contributed by atoms with Crippen molar-refractivity contribution in [1.82, 2.24) is 0 Å². The molecular weight excluding hydrogens is 351 g/mol. The van der Waals surface area contributed by atoms with Crippen molar-refractivity contribution in [2.45, 2.75) is 12.5 Å². The van der Waals surface area contributed by atoms with Crippen LogP contribution in [0.15, 0.2) is 53.5 Å². The van der Waals surface area contributed by atoms with Gasteiger partial charge in [-0.15, -0.1) is 13.2 Å². The number of anilines is 1. The molecule has 2 aromatic carbocycles. The number of para-hydroxylation sites is 2. The molecule has 9 heteroatoms. The molecular formula is C17H18F3N3O3. The van der Waals surface area contributed by atoms with E-state index in [0.29, 0.717) is 11.3 Å². The molecule has 0 amide bonds. The third-order valence-electron chi connectivity index (χ3n) is 3.31. The molecule has 0 saturated heterocycles. The van der Waals surface area contributed by atoms with Gasteiger partial charge in [0.15, 0.2) is 11.7 Å². The number of nitrogens with two attached hydrogens (primary N) is 1. The van der Waals surface area contributed by atoms with Crippen LogP contribution in [0.5, 0.6) is 11.5 Å². The number of aliphatic hydroxyl groups is 1. The minimum absolute atomic E-state index is 0.00464. The molecule has 26 heavy (non-hydrogen) atoms. The summed E-state index contributed by atoms with van der Waals surface area (Å²) in [4.78, 5) is 3.94. The maximum absolute atomic E-state index is 12.4. The number of benzene rings is 2. The van der Waals surface area contributed by atoms with Crippen LogP contribution < -0.4 is 20.5 Å². The van der Waals surface area contributed by atoms with Crippen molar-refractivity contribution in [3.8, 4) is 11.5 Å². The number of hydrogen-bond acceptors (Lipinski definition) is 4. The van der Waals surface area contributed by atoms with Crippen LogP contribution in [-0.4, -0.2) is 31.1 Å². The Kier molecular flexibility index (Phi) is 6.29. The molecule has 2 rings (SSSR count). The second-order valence-corrected chi connectivity index (χ2v) is 5.18. The van der Waals surface area contributed by atoms with Crippen molar-refractivity contribution in [3.63, 3.8) is 0 Å². The minimum Gasteiger partial charge on any atom is -0.497 e. The monoisotopic (exact) mass is 369 g/mol. The molecule has 6 nitrogen and oxygen atoms in total. The summed E-state index contributed by atoms with van der Waals surface area (Å²) in [5.74, 6) is 0.0524. The van der Waals surface area contributed by atoms with E-state index in [4.69, 9.17) is 10.5 Å². The average Bonchev–Trinajstić information content (AvgIpc) is 2.60. The third kappa shape index (κ3) is 5.85. The Morgan fingerprint density at radius 3 is 2.46 bits per heavy atom. The van der Waals surface area contributed by atoms with Gasteiger partial charge in [0.05, 0.1) is 25.4 Å². The number of rotatable bonds is 6. The molecule has 1 unspecified atom stereocenters. The Hall–Kier alpha value is -2.94. The van der Waals surface area contributed by atoms with Gasteiger partial charge in [-0.25, -0.2) is 0 Å². The van der Waals surface area contributed by atoms with Crippen molar-refractivity contribution in [1.29, 1.82) is 0 Å². The average molecular weight is 369 g/mol. The van der Waals surface area contributed by atoms with Crippen LogP contribution in [-0.2, 0) is 0 Å². The van der Waals surface area contributed by atoms with E-state index in [1.54, 1.807) is 24.3 Å². The fourth-order valence-corrected chi connectivity index (χ4v) is 2.08. The van der Waals surface area contributed by atoms with Crippen LogP contribution in [0.25, 0.3) is 0 Å². The van der Waals surface area contributed by atoms with Gasteiger partial charge in [0.1, 0.15) is 5.75 Å². The van der Waals surface area contributed by atoms with Gasteiger partial charge in [-0.1, -0.05) is 24.3 Å². The Labute approximate surface area is 148 Å². The lowest BCUT2D eigenvalue weighted by molar-refractivity contribution is -0.274. The molecule has 0 aliphatic carbocycles. The lowest BCUT2D eigenvalue weighted by Gasteiger charge is -2.14. The molecule has 1 atom stereocenters. The van der Waals surface area contributed by atoms with Crippen molar-refractivity contribution in [2.24, 2.45) is 10.7 Å². The number of guanidine groups is 1. The van der Waals surface area contributed by atoms with Crippen molar-refractivity contribution >= 4 is 11.6 Å². The number of hydrogen-bond donors (Lipinski definition) is 3. The third-order valence-corrected chi connectivity index (χ3v) is 3.31. The first-order valence-electron chi connectivity index (χ1n) is 7.52. The highest BCUT2D eigenvalue weighted by molar-refractivity contribution is 5.93. The predicted octanol–water partition coefficient (Wildman–Crippen LogP) is 3.05. The lowest BCUT2D eigenvalue weighted by Crippen LogP contribution is -2.25. The highest BCUT2D eigenvalue weighted by Gasteiger charge is 2.32. The van der Waals surface area contributed by atoms with E-state index in [0.717, 1.165) is 6.07 Å². The number of nitrogens with one attached hydrogen (secondary N) is 1. The number of alkyl halides is 3. The molecule has 0 aliphatic heterocycles. The summed E-state index contributed by atoms with van der Waals surface area (Å²) in [7, 11) is 1.53. The quantitative estimate of drug-likeness (QED) is 0.538. The van der Waals surface area contributed by atoms with E-state index in [2.05, 4.69) is 15.0 Å². The SMILES string of the molecule is COc1ccc(C(O)CN=C(N)Nc2ccccc2OC(F)(F)F)cc1. The Balaban J connectivity index is 2.01. The van der Waals surface area contributed by atoms with Crippen molar-refractivity contribution in [2.75, 3.05) is 19.0 Å². The van der Waals surface area contributed by atoms with Gasteiger partial charge in [-0.2, -0.15) is 0 Å². The minimum atomic E-state index is -4.83.